The average Bonchev–Trinajstić information content (AvgIpc) is 2.45. The highest BCUT2D eigenvalue weighted by molar-refractivity contribution is 7.90. The lowest BCUT2D eigenvalue weighted by atomic mass is 10.1. The molecule has 118 valence electrons. The number of nitrogens with zero attached hydrogens (tertiary/aromatic N) is 1. The summed E-state index contributed by atoms with van der Waals surface area (Å²) in [5.74, 6) is 0. The van der Waals surface area contributed by atoms with E-state index in [-0.39, 0.29) is 12.1 Å². The van der Waals surface area contributed by atoms with Crippen LogP contribution in [0.4, 0.5) is 4.79 Å². The van der Waals surface area contributed by atoms with Gasteiger partial charge in [0.25, 0.3) is 0 Å². The van der Waals surface area contributed by atoms with E-state index in [9.17, 15) is 13.2 Å². The first-order chi connectivity index (χ1) is 9.75. The lowest BCUT2D eigenvalue weighted by Crippen LogP contribution is -2.42. The van der Waals surface area contributed by atoms with E-state index < -0.39 is 9.84 Å². The maximum Gasteiger partial charge on any atom is 0.317 e. The van der Waals surface area contributed by atoms with E-state index in [2.05, 4.69) is 5.32 Å². The van der Waals surface area contributed by atoms with Gasteiger partial charge in [-0.1, -0.05) is 19.1 Å². The van der Waals surface area contributed by atoms with Crippen LogP contribution in [0.1, 0.15) is 25.8 Å². The van der Waals surface area contributed by atoms with Crippen LogP contribution >= 0.6 is 0 Å². The Morgan fingerprint density at radius 1 is 1.29 bits per heavy atom. The van der Waals surface area contributed by atoms with Crippen LogP contribution in [0.15, 0.2) is 29.2 Å². The summed E-state index contributed by atoms with van der Waals surface area (Å²) in [7, 11) is -1.37. The largest absolute Gasteiger partial charge is 0.338 e. The van der Waals surface area contributed by atoms with Gasteiger partial charge >= 0.3 is 6.03 Å². The number of hydrogen-bond acceptors (Lipinski definition) is 3. The molecule has 2 amide bonds. The fourth-order valence-electron chi connectivity index (χ4n) is 1.82. The molecule has 0 unspecified atom stereocenters. The van der Waals surface area contributed by atoms with Crippen LogP contribution in [0.2, 0.25) is 0 Å². The van der Waals surface area contributed by atoms with E-state index in [1.165, 1.54) is 6.26 Å². The minimum atomic E-state index is -3.15. The molecule has 0 radical (unpaired) electrons. The van der Waals surface area contributed by atoms with E-state index in [1.54, 1.807) is 36.2 Å². The lowest BCUT2D eigenvalue weighted by molar-refractivity contribution is 0.193. The second-order valence-electron chi connectivity index (χ2n) is 5.27. The van der Waals surface area contributed by atoms with Crippen molar-refractivity contribution in [3.05, 3.63) is 29.8 Å². The van der Waals surface area contributed by atoms with Gasteiger partial charge in [-0.15, -0.1) is 0 Å². The van der Waals surface area contributed by atoms with Crippen molar-refractivity contribution >= 4 is 15.9 Å². The van der Waals surface area contributed by atoms with Crippen LogP contribution in [0, 0.1) is 0 Å². The zero-order valence-electron chi connectivity index (χ0n) is 13.1. The predicted molar refractivity (Wildman–Crippen MR) is 84.2 cm³/mol. The van der Waals surface area contributed by atoms with Crippen LogP contribution in [-0.4, -0.2) is 45.2 Å². The highest BCUT2D eigenvalue weighted by Crippen LogP contribution is 2.10. The molecule has 0 bridgehead atoms. The molecule has 1 atom stereocenters. The predicted octanol–water partition coefficient (Wildman–Crippen LogP) is 2.07. The molecule has 1 rings (SSSR count). The van der Waals surface area contributed by atoms with Gasteiger partial charge < -0.3 is 10.2 Å². The van der Waals surface area contributed by atoms with E-state index in [0.717, 1.165) is 12.0 Å². The monoisotopic (exact) mass is 312 g/mol. The minimum Gasteiger partial charge on any atom is -0.338 e. The van der Waals surface area contributed by atoms with Crippen LogP contribution in [0.5, 0.6) is 0 Å². The van der Waals surface area contributed by atoms with Crippen molar-refractivity contribution in [1.29, 1.82) is 0 Å². The van der Waals surface area contributed by atoms with E-state index in [0.29, 0.717) is 17.9 Å². The van der Waals surface area contributed by atoms with Crippen molar-refractivity contribution in [2.75, 3.05) is 19.8 Å². The fraction of sp³-hybridized carbons (Fsp3) is 0.533. The Morgan fingerprint density at radius 3 is 2.33 bits per heavy atom. The third-order valence-electron chi connectivity index (χ3n) is 3.61. The number of nitrogens with one attached hydrogen (secondary N) is 1. The molecule has 0 saturated heterocycles. The Kier molecular flexibility index (Phi) is 6.20. The first-order valence-electron chi connectivity index (χ1n) is 7.05. The summed E-state index contributed by atoms with van der Waals surface area (Å²) in [6.45, 7) is 4.57. The SMILES string of the molecule is CC[C@@H](C)N(C)C(=O)NCCc1ccc(S(C)(=O)=O)cc1. The van der Waals surface area contributed by atoms with Crippen LogP contribution in [0.25, 0.3) is 0 Å². The van der Waals surface area contributed by atoms with Crippen LogP contribution in [-0.2, 0) is 16.3 Å². The molecule has 0 aromatic heterocycles. The van der Waals surface area contributed by atoms with Gasteiger partial charge in [-0.25, -0.2) is 13.2 Å². The van der Waals surface area contributed by atoms with Gasteiger partial charge in [0.15, 0.2) is 9.84 Å². The molecular formula is C15H24N2O3S. The maximum absolute atomic E-state index is 11.9. The van der Waals surface area contributed by atoms with Gasteiger partial charge in [0.05, 0.1) is 4.90 Å². The molecule has 5 nitrogen and oxygen atoms in total. The molecule has 0 saturated carbocycles. The number of amides is 2. The quantitative estimate of drug-likeness (QED) is 0.874. The van der Waals surface area contributed by atoms with Crippen molar-refractivity contribution in [3.63, 3.8) is 0 Å². The summed E-state index contributed by atoms with van der Waals surface area (Å²) in [4.78, 5) is 13.9. The van der Waals surface area contributed by atoms with Crippen molar-refractivity contribution in [3.8, 4) is 0 Å². The first kappa shape index (κ1) is 17.5. The Balaban J connectivity index is 2.48. The summed E-state index contributed by atoms with van der Waals surface area (Å²) in [5, 5.41) is 2.86. The maximum atomic E-state index is 11.9. The van der Waals surface area contributed by atoms with Crippen LogP contribution < -0.4 is 5.32 Å². The van der Waals surface area contributed by atoms with Gasteiger partial charge in [-0.3, -0.25) is 0 Å². The Hall–Kier alpha value is -1.56. The van der Waals surface area contributed by atoms with E-state index in [1.807, 2.05) is 13.8 Å². The summed E-state index contributed by atoms with van der Waals surface area (Å²) in [6, 6.07) is 6.87. The van der Waals surface area contributed by atoms with Crippen molar-refractivity contribution < 1.29 is 13.2 Å². The van der Waals surface area contributed by atoms with E-state index in [4.69, 9.17) is 0 Å². The molecule has 1 aromatic rings. The van der Waals surface area contributed by atoms with Gasteiger partial charge in [-0.05, 0) is 37.5 Å². The molecule has 21 heavy (non-hydrogen) atoms. The highest BCUT2D eigenvalue weighted by atomic mass is 32.2. The zero-order valence-corrected chi connectivity index (χ0v) is 13.9. The molecular weight excluding hydrogens is 288 g/mol. The number of benzene rings is 1. The molecule has 0 aliphatic carbocycles. The third kappa shape index (κ3) is 5.38. The van der Waals surface area contributed by atoms with Gasteiger partial charge in [0, 0.05) is 25.9 Å². The standard InChI is InChI=1S/C15H24N2O3S/c1-5-12(2)17(3)15(18)16-11-10-13-6-8-14(9-7-13)21(4,19)20/h6-9,12H,5,10-11H2,1-4H3,(H,16,18)/t12-/m1/s1. The van der Waals surface area contributed by atoms with E-state index >= 15 is 0 Å². The summed E-state index contributed by atoms with van der Waals surface area (Å²) >= 11 is 0. The highest BCUT2D eigenvalue weighted by Gasteiger charge is 2.13. The zero-order chi connectivity index (χ0) is 16.0. The summed E-state index contributed by atoms with van der Waals surface area (Å²) in [6.07, 6.45) is 2.77. The first-order valence-corrected chi connectivity index (χ1v) is 8.94. The number of urea groups is 1. The second kappa shape index (κ2) is 7.45. The Bertz CT molecular complexity index is 567. The van der Waals surface area contributed by atoms with Gasteiger partial charge in [-0.2, -0.15) is 0 Å². The molecule has 0 heterocycles. The third-order valence-corrected chi connectivity index (χ3v) is 4.74. The Labute approximate surface area is 127 Å². The number of rotatable bonds is 6. The van der Waals surface area contributed by atoms with Gasteiger partial charge in [0.2, 0.25) is 0 Å². The lowest BCUT2D eigenvalue weighted by Gasteiger charge is -2.24. The molecule has 1 aromatic carbocycles. The van der Waals surface area contributed by atoms with Crippen molar-refractivity contribution in [2.45, 2.75) is 37.6 Å². The summed E-state index contributed by atoms with van der Waals surface area (Å²) in [5.41, 5.74) is 0.994. The smallest absolute Gasteiger partial charge is 0.317 e. The fourth-order valence-corrected chi connectivity index (χ4v) is 2.45. The topological polar surface area (TPSA) is 66.5 Å². The molecule has 0 aliphatic rings. The number of carbonyl (C=O) groups excluding carboxylic acids is 1. The number of sulfone groups is 1. The number of carbonyl (C=O) groups is 1. The van der Waals surface area contributed by atoms with Crippen molar-refractivity contribution in [2.24, 2.45) is 0 Å². The van der Waals surface area contributed by atoms with Gasteiger partial charge in [0.1, 0.15) is 0 Å². The number of hydrogen-bond donors (Lipinski definition) is 1. The molecule has 0 spiro atoms. The van der Waals surface area contributed by atoms with Crippen molar-refractivity contribution in [1.82, 2.24) is 10.2 Å². The molecule has 0 fully saturated rings. The van der Waals surface area contributed by atoms with Crippen LogP contribution in [0.3, 0.4) is 0 Å². The minimum absolute atomic E-state index is 0.0860. The Morgan fingerprint density at radius 2 is 1.86 bits per heavy atom. The normalized spacial score (nSPS) is 12.8. The second-order valence-corrected chi connectivity index (χ2v) is 7.28. The molecule has 0 aliphatic heterocycles. The summed E-state index contributed by atoms with van der Waals surface area (Å²) < 4.78 is 22.7. The molecule has 1 N–H and O–H groups in total. The average molecular weight is 312 g/mol. The molecule has 6 heteroatoms.